The van der Waals surface area contributed by atoms with Crippen molar-refractivity contribution in [2.24, 2.45) is 0 Å². The Kier molecular flexibility index (Phi) is 5.43. The predicted molar refractivity (Wildman–Crippen MR) is 75.0 cm³/mol. The van der Waals surface area contributed by atoms with Crippen LogP contribution >= 0.6 is 26.5 Å². The summed E-state index contributed by atoms with van der Waals surface area (Å²) in [6.07, 6.45) is 0. The fraction of sp³-hybridized carbons (Fsp3) is 0. The SMILES string of the molecule is Fc1c(F)c(F)[c]([Sb]([Cl])([Cl])([Cl])[c]2c(F)c(F)c(F)c(F)c2F)c(F)c1F. The van der Waals surface area contributed by atoms with Gasteiger partial charge in [0.15, 0.2) is 0 Å². The van der Waals surface area contributed by atoms with E-state index in [4.69, 9.17) is 26.5 Å². The number of rotatable bonds is 2. The Balaban J connectivity index is 3.10. The van der Waals surface area contributed by atoms with Crippen LogP contribution in [0.5, 0.6) is 0 Å². The molecule has 26 heavy (non-hydrogen) atoms. The Morgan fingerprint density at radius 1 is 0.346 bits per heavy atom. The molecular weight excluding hydrogens is 562 g/mol. The molecule has 0 fully saturated rings. The third kappa shape index (κ3) is 2.93. The van der Waals surface area contributed by atoms with Crippen LogP contribution in [0.3, 0.4) is 0 Å². The first-order chi connectivity index (χ1) is 11.6. The molecule has 0 atom stereocenters. The zero-order valence-electron chi connectivity index (χ0n) is 11.4. The number of halogens is 13. The monoisotopic (exact) mass is 560 g/mol. The van der Waals surface area contributed by atoms with Gasteiger partial charge in [-0.25, -0.2) is 0 Å². The molecule has 0 aromatic heterocycles. The van der Waals surface area contributed by atoms with E-state index in [2.05, 4.69) is 0 Å². The molecule has 0 saturated carbocycles. The van der Waals surface area contributed by atoms with Gasteiger partial charge in [-0.1, -0.05) is 0 Å². The first kappa shape index (κ1) is 21.7. The number of benzene rings is 2. The van der Waals surface area contributed by atoms with E-state index in [1.165, 1.54) is 0 Å². The van der Waals surface area contributed by atoms with E-state index in [0.717, 1.165) is 0 Å². The van der Waals surface area contributed by atoms with E-state index in [0.29, 0.717) is 0 Å². The molecule has 144 valence electrons. The van der Waals surface area contributed by atoms with Crippen LogP contribution in [0.1, 0.15) is 0 Å². The van der Waals surface area contributed by atoms with E-state index < -0.39 is 79.2 Å². The van der Waals surface area contributed by atoms with Crippen molar-refractivity contribution in [1.29, 1.82) is 0 Å². The quantitative estimate of drug-likeness (QED) is 0.214. The molecule has 0 heterocycles. The van der Waals surface area contributed by atoms with E-state index in [1.54, 1.807) is 0 Å². The minimum absolute atomic E-state index is 2.26. The summed E-state index contributed by atoms with van der Waals surface area (Å²) in [6, 6.07) is 0. The summed E-state index contributed by atoms with van der Waals surface area (Å²) in [4.78, 5) is 0. The predicted octanol–water partition coefficient (Wildman–Crippen LogP) is 4.80. The maximum atomic E-state index is 13.9. The van der Waals surface area contributed by atoms with Gasteiger partial charge in [0.25, 0.3) is 0 Å². The van der Waals surface area contributed by atoms with Gasteiger partial charge in [-0.3, -0.25) is 0 Å². The summed E-state index contributed by atoms with van der Waals surface area (Å²) in [5, 5.41) is 0. The molecule has 0 aliphatic heterocycles. The molecule has 14 heteroatoms. The Bertz CT molecular complexity index is 821. The van der Waals surface area contributed by atoms with Gasteiger partial charge in [-0.05, 0) is 0 Å². The summed E-state index contributed by atoms with van der Waals surface area (Å²) < 4.78 is 131. The summed E-state index contributed by atoms with van der Waals surface area (Å²) in [7, 11) is 16.6. The molecule has 0 aliphatic carbocycles. The van der Waals surface area contributed by atoms with Gasteiger partial charge in [0.2, 0.25) is 0 Å². The van der Waals surface area contributed by atoms with Crippen molar-refractivity contribution in [3.63, 3.8) is 0 Å². The maximum absolute atomic E-state index is 13.9. The molecule has 2 aromatic carbocycles. The van der Waals surface area contributed by atoms with Crippen molar-refractivity contribution >= 4 is 47.5 Å². The van der Waals surface area contributed by atoms with E-state index >= 15 is 0 Å². The summed E-state index contributed by atoms with van der Waals surface area (Å²) in [6.45, 7) is 0. The molecule has 0 radical (unpaired) electrons. The van der Waals surface area contributed by atoms with Gasteiger partial charge in [0.1, 0.15) is 0 Å². The van der Waals surface area contributed by atoms with Crippen molar-refractivity contribution in [3.05, 3.63) is 58.2 Å². The first-order valence-corrected chi connectivity index (χ1v) is 18.1. The fourth-order valence-corrected chi connectivity index (χ4v) is 13.3. The van der Waals surface area contributed by atoms with E-state index in [9.17, 15) is 43.9 Å². The first-order valence-electron chi connectivity index (χ1n) is 5.84. The topological polar surface area (TPSA) is 0 Å². The van der Waals surface area contributed by atoms with Gasteiger partial charge in [-0.15, -0.1) is 0 Å². The van der Waals surface area contributed by atoms with Crippen LogP contribution < -0.4 is 7.02 Å². The summed E-state index contributed by atoms with van der Waals surface area (Å²) in [5.41, 5.74) is 0. The summed E-state index contributed by atoms with van der Waals surface area (Å²) >= 11 is -7.68. The number of hydrogen-bond acceptors (Lipinski definition) is 0. The van der Waals surface area contributed by atoms with Crippen LogP contribution in [-0.4, -0.2) is 14.0 Å². The molecule has 0 bridgehead atoms. The Morgan fingerprint density at radius 3 is 0.692 bits per heavy atom. The zero-order chi connectivity index (χ0) is 20.4. The fourth-order valence-electron chi connectivity index (χ4n) is 1.94. The third-order valence-corrected chi connectivity index (χ3v) is 16.3. The standard InChI is InChI=1S/2C6F5.3ClH.Sb/c2*7-2-1-3(8)5(10)6(11)4(2)9;;;;/h;;3*1H;/q;;;;;+3/p-3. The van der Waals surface area contributed by atoms with Crippen LogP contribution in [0.15, 0.2) is 0 Å². The molecule has 0 saturated heterocycles. The Hall–Kier alpha value is -0.572. The summed E-state index contributed by atoms with van der Waals surface area (Å²) in [5.74, 6) is -27.0. The van der Waals surface area contributed by atoms with Crippen LogP contribution in [0.4, 0.5) is 43.9 Å². The van der Waals surface area contributed by atoms with Crippen molar-refractivity contribution in [2.45, 2.75) is 0 Å². The molecule has 0 N–H and O–H groups in total. The van der Waals surface area contributed by atoms with Gasteiger partial charge in [-0.2, -0.15) is 0 Å². The van der Waals surface area contributed by atoms with Crippen molar-refractivity contribution in [1.82, 2.24) is 0 Å². The normalized spacial score (nSPS) is 13.7. The van der Waals surface area contributed by atoms with Crippen LogP contribution in [0, 0.1) is 58.2 Å². The Labute approximate surface area is 149 Å². The molecule has 0 spiro atoms. The molecule has 0 amide bonds. The van der Waals surface area contributed by atoms with Crippen LogP contribution in [0.2, 0.25) is 0 Å². The second-order valence-corrected chi connectivity index (χ2v) is 28.9. The number of hydrogen-bond donors (Lipinski definition) is 0. The molecule has 0 aliphatic rings. The van der Waals surface area contributed by atoms with E-state index in [-0.39, 0.29) is 0 Å². The van der Waals surface area contributed by atoms with Crippen LogP contribution in [-0.2, 0) is 0 Å². The minimum atomic E-state index is -7.68. The van der Waals surface area contributed by atoms with Gasteiger partial charge >= 0.3 is 150 Å². The zero-order valence-corrected chi connectivity index (χ0v) is 16.2. The molecule has 0 nitrogen and oxygen atoms in total. The van der Waals surface area contributed by atoms with E-state index in [1.807, 2.05) is 0 Å². The van der Waals surface area contributed by atoms with Gasteiger partial charge in [0, 0.05) is 0 Å². The van der Waals surface area contributed by atoms with Crippen LogP contribution in [0.25, 0.3) is 0 Å². The van der Waals surface area contributed by atoms with Crippen molar-refractivity contribution in [2.75, 3.05) is 0 Å². The molecule has 2 rings (SSSR count). The molecule has 0 unspecified atom stereocenters. The molecule has 2 aromatic rings. The third-order valence-electron chi connectivity index (χ3n) is 3.10. The van der Waals surface area contributed by atoms with Crippen molar-refractivity contribution in [3.8, 4) is 0 Å². The average molecular weight is 562 g/mol. The van der Waals surface area contributed by atoms with Gasteiger partial charge < -0.3 is 0 Å². The second-order valence-electron chi connectivity index (χ2n) is 4.65. The second kappa shape index (κ2) is 6.50. The average Bonchev–Trinajstić information content (AvgIpc) is 2.53. The molecular formula is C12Cl3F10Sb. The van der Waals surface area contributed by atoms with Gasteiger partial charge in [0.05, 0.1) is 0 Å². The van der Waals surface area contributed by atoms with Crippen molar-refractivity contribution < 1.29 is 43.9 Å². The Morgan fingerprint density at radius 2 is 0.500 bits per heavy atom.